The number of likely N-dealkylation sites (N-methyl/N-ethyl adjacent to an activating group) is 1. The van der Waals surface area contributed by atoms with E-state index in [0.717, 1.165) is 17.5 Å². The van der Waals surface area contributed by atoms with Crippen LogP contribution in [0, 0.1) is 17.0 Å². The standard InChI is InChI=1S/C35H37N3O6/c1-22-7-6-10-24(19-22)11-12-30(40)36(2)26-13-15-35(41)29-20-25-27(38(42)43)21-28(39)32-31(25)34(35,33(26)44-32)16-18-37(29)17-14-23-8-4-3-5-9-23/h3-12,19,21,26,29,33,39,41H,13-18,20H2,1-2H3/t26-,29+,33-,34-,35+/m0/s1. The first-order chi connectivity index (χ1) is 21.1. The quantitative estimate of drug-likeness (QED) is 0.234. The van der Waals surface area contributed by atoms with Crippen LogP contribution >= 0.6 is 0 Å². The molecule has 3 aromatic carbocycles. The molecule has 228 valence electrons. The molecular weight excluding hydrogens is 558 g/mol. The van der Waals surface area contributed by atoms with Crippen molar-refractivity contribution in [3.8, 4) is 11.5 Å². The SMILES string of the molecule is Cc1cccc(C=CC(=O)N(C)[C@H]2CC[C@@]3(O)[C@H]4Cc5c([N+](=O)[O-])cc(O)c6c5[C@@]3(CCN4CCc3ccccc3)[C@H]2O6)c1. The maximum Gasteiger partial charge on any atom is 0.276 e. The van der Waals surface area contributed by atoms with Crippen molar-refractivity contribution in [2.45, 2.75) is 68.2 Å². The Balaban J connectivity index is 1.27. The van der Waals surface area contributed by atoms with Crippen molar-refractivity contribution in [2.24, 2.45) is 0 Å². The summed E-state index contributed by atoms with van der Waals surface area (Å²) in [7, 11) is 1.75. The molecule has 2 heterocycles. The number of nitrogens with zero attached hydrogens (tertiary/aromatic N) is 3. The van der Waals surface area contributed by atoms with Gasteiger partial charge in [0.2, 0.25) is 5.91 Å². The highest BCUT2D eigenvalue weighted by molar-refractivity contribution is 5.92. The number of nitro benzene ring substituents is 1. The lowest BCUT2D eigenvalue weighted by Gasteiger charge is -2.64. The lowest BCUT2D eigenvalue weighted by molar-refractivity contribution is -0.386. The average molecular weight is 596 g/mol. The molecule has 0 aromatic heterocycles. The summed E-state index contributed by atoms with van der Waals surface area (Å²) in [5.74, 6) is -0.271. The topological polar surface area (TPSA) is 116 Å². The zero-order valence-corrected chi connectivity index (χ0v) is 25.0. The van der Waals surface area contributed by atoms with Crippen molar-refractivity contribution in [1.82, 2.24) is 9.80 Å². The Morgan fingerprint density at radius 3 is 2.73 bits per heavy atom. The Bertz CT molecular complexity index is 1670. The second-order valence-corrected chi connectivity index (χ2v) is 12.8. The van der Waals surface area contributed by atoms with E-state index in [4.69, 9.17) is 4.74 Å². The van der Waals surface area contributed by atoms with Crippen molar-refractivity contribution >= 4 is 17.7 Å². The van der Waals surface area contributed by atoms with Gasteiger partial charge in [0.1, 0.15) is 6.10 Å². The van der Waals surface area contributed by atoms with E-state index < -0.39 is 28.1 Å². The van der Waals surface area contributed by atoms with Crippen molar-refractivity contribution < 1.29 is 24.7 Å². The highest BCUT2D eigenvalue weighted by Gasteiger charge is 2.74. The molecule has 1 spiro atoms. The van der Waals surface area contributed by atoms with Crippen LogP contribution in [0.5, 0.6) is 11.5 Å². The van der Waals surface area contributed by atoms with Gasteiger partial charge in [0, 0.05) is 36.8 Å². The highest BCUT2D eigenvalue weighted by atomic mass is 16.6. The van der Waals surface area contributed by atoms with Gasteiger partial charge in [0.15, 0.2) is 11.5 Å². The third-order valence-electron chi connectivity index (χ3n) is 10.7. The molecule has 2 N–H and O–H groups in total. The molecule has 44 heavy (non-hydrogen) atoms. The number of hydrogen-bond acceptors (Lipinski definition) is 7. The molecular formula is C35H37N3O6. The first-order valence-electron chi connectivity index (χ1n) is 15.4. The number of aryl methyl sites for hydroxylation is 1. The second-order valence-electron chi connectivity index (χ2n) is 12.8. The number of phenolic OH excluding ortho intramolecular Hbond substituents is 1. The molecule has 2 aliphatic heterocycles. The Hall–Kier alpha value is -4.21. The molecule has 7 rings (SSSR count). The van der Waals surface area contributed by atoms with Gasteiger partial charge in [-0.3, -0.25) is 19.8 Å². The third-order valence-corrected chi connectivity index (χ3v) is 10.7. The van der Waals surface area contributed by atoms with Crippen LogP contribution in [0.4, 0.5) is 5.69 Å². The number of hydrogen-bond donors (Lipinski definition) is 2. The number of rotatable bonds is 7. The predicted molar refractivity (Wildman–Crippen MR) is 166 cm³/mol. The fraction of sp³-hybridized carbons (Fsp3) is 0.400. The number of likely N-dealkylation sites (tertiary alicyclic amines) is 1. The zero-order valence-electron chi connectivity index (χ0n) is 25.0. The van der Waals surface area contributed by atoms with Gasteiger partial charge < -0.3 is 19.8 Å². The smallest absolute Gasteiger partial charge is 0.276 e. The van der Waals surface area contributed by atoms with Gasteiger partial charge in [-0.05, 0) is 62.8 Å². The van der Waals surface area contributed by atoms with Crippen molar-refractivity contribution in [2.75, 3.05) is 20.1 Å². The molecule has 4 aliphatic rings. The molecule has 1 amide bonds. The summed E-state index contributed by atoms with van der Waals surface area (Å²) in [6.45, 7) is 3.37. The van der Waals surface area contributed by atoms with Crippen LogP contribution in [0.3, 0.4) is 0 Å². The molecule has 1 saturated heterocycles. The number of aromatic hydroxyl groups is 1. The maximum atomic E-state index is 13.5. The molecule has 9 nitrogen and oxygen atoms in total. The minimum Gasteiger partial charge on any atom is -0.504 e. The van der Waals surface area contributed by atoms with Crippen LogP contribution in [-0.4, -0.2) is 74.8 Å². The van der Waals surface area contributed by atoms with E-state index in [1.54, 1.807) is 24.1 Å². The van der Waals surface area contributed by atoms with E-state index in [1.807, 2.05) is 49.4 Å². The van der Waals surface area contributed by atoms with E-state index in [1.165, 1.54) is 11.6 Å². The summed E-state index contributed by atoms with van der Waals surface area (Å²) < 4.78 is 6.57. The van der Waals surface area contributed by atoms with Crippen molar-refractivity contribution in [3.63, 3.8) is 0 Å². The fourth-order valence-corrected chi connectivity index (χ4v) is 8.64. The molecule has 2 bridgehead atoms. The van der Waals surface area contributed by atoms with E-state index in [2.05, 4.69) is 17.0 Å². The van der Waals surface area contributed by atoms with Gasteiger partial charge in [-0.25, -0.2) is 0 Å². The summed E-state index contributed by atoms with van der Waals surface area (Å²) in [6.07, 6.45) is 5.18. The Kier molecular flexibility index (Phi) is 6.78. The lowest BCUT2D eigenvalue weighted by atomic mass is 9.48. The second kappa shape index (κ2) is 10.5. The lowest BCUT2D eigenvalue weighted by Crippen LogP contribution is -2.78. The minimum absolute atomic E-state index is 0.144. The van der Waals surface area contributed by atoms with Crippen LogP contribution < -0.4 is 4.74 Å². The van der Waals surface area contributed by atoms with Crippen LogP contribution in [0.25, 0.3) is 6.08 Å². The van der Waals surface area contributed by atoms with Gasteiger partial charge in [-0.1, -0.05) is 60.2 Å². The Morgan fingerprint density at radius 2 is 1.98 bits per heavy atom. The Morgan fingerprint density at radius 1 is 1.18 bits per heavy atom. The van der Waals surface area contributed by atoms with Crippen molar-refractivity contribution in [3.05, 3.63) is 105 Å². The molecule has 0 radical (unpaired) electrons. The van der Waals surface area contributed by atoms with E-state index in [-0.39, 0.29) is 29.1 Å². The van der Waals surface area contributed by atoms with Crippen LogP contribution in [-0.2, 0) is 23.1 Å². The number of ether oxygens (including phenoxy) is 1. The molecule has 2 aliphatic carbocycles. The van der Waals surface area contributed by atoms with Crippen LogP contribution in [0.1, 0.15) is 47.1 Å². The third kappa shape index (κ3) is 4.17. The Labute approximate surface area is 256 Å². The van der Waals surface area contributed by atoms with Gasteiger partial charge >= 0.3 is 0 Å². The predicted octanol–water partition coefficient (Wildman–Crippen LogP) is 4.55. The summed E-state index contributed by atoms with van der Waals surface area (Å²) in [5.41, 5.74) is 1.92. The van der Waals surface area contributed by atoms with E-state index in [0.29, 0.717) is 49.9 Å². The molecule has 2 fully saturated rings. The maximum absolute atomic E-state index is 13.5. The molecule has 5 atom stereocenters. The molecule has 9 heteroatoms. The van der Waals surface area contributed by atoms with E-state index in [9.17, 15) is 25.1 Å². The molecule has 3 aromatic rings. The monoisotopic (exact) mass is 595 g/mol. The average Bonchev–Trinajstić information content (AvgIpc) is 3.36. The van der Waals surface area contributed by atoms with Crippen molar-refractivity contribution in [1.29, 1.82) is 0 Å². The number of nitro groups is 1. The number of carbonyl (C=O) groups excluding carboxylic acids is 1. The van der Waals surface area contributed by atoms with Gasteiger partial charge in [-0.15, -0.1) is 0 Å². The number of phenols is 1. The number of amides is 1. The molecule has 0 unspecified atom stereocenters. The number of aliphatic hydroxyl groups is 1. The highest BCUT2D eigenvalue weighted by Crippen LogP contribution is 2.67. The minimum atomic E-state index is -1.25. The summed E-state index contributed by atoms with van der Waals surface area (Å²) in [5, 5.41) is 36.2. The largest absolute Gasteiger partial charge is 0.504 e. The first kappa shape index (κ1) is 28.6. The number of benzene rings is 3. The zero-order chi connectivity index (χ0) is 30.8. The van der Waals surface area contributed by atoms with Crippen LogP contribution in [0.2, 0.25) is 0 Å². The summed E-state index contributed by atoms with van der Waals surface area (Å²) in [4.78, 5) is 29.3. The van der Waals surface area contributed by atoms with Gasteiger partial charge in [-0.2, -0.15) is 0 Å². The normalized spacial score (nSPS) is 28.4. The fourth-order valence-electron chi connectivity index (χ4n) is 8.64. The van der Waals surface area contributed by atoms with Gasteiger partial charge in [0.05, 0.1) is 28.0 Å². The number of piperidine rings is 1. The summed E-state index contributed by atoms with van der Waals surface area (Å²) >= 11 is 0. The molecule has 1 saturated carbocycles. The number of carbonyl (C=O) groups is 1. The van der Waals surface area contributed by atoms with Crippen LogP contribution in [0.15, 0.2) is 66.7 Å². The first-order valence-corrected chi connectivity index (χ1v) is 15.4. The van der Waals surface area contributed by atoms with Gasteiger partial charge in [0.25, 0.3) is 5.69 Å². The summed E-state index contributed by atoms with van der Waals surface area (Å²) in [6, 6.07) is 18.5. The van der Waals surface area contributed by atoms with E-state index >= 15 is 0 Å².